The van der Waals surface area contributed by atoms with E-state index < -0.39 is 17.7 Å². The normalized spacial score (nSPS) is 11.0. The molecule has 0 radical (unpaired) electrons. The van der Waals surface area contributed by atoms with E-state index in [1.807, 2.05) is 36.4 Å². The lowest BCUT2D eigenvalue weighted by Gasteiger charge is -2.20. The molecule has 27 heavy (non-hydrogen) atoms. The summed E-state index contributed by atoms with van der Waals surface area (Å²) >= 11 is 0. The van der Waals surface area contributed by atoms with Crippen LogP contribution < -0.4 is 16.2 Å². The van der Waals surface area contributed by atoms with E-state index in [4.69, 9.17) is 4.74 Å². The minimum Gasteiger partial charge on any atom is -0.443 e. The molecule has 0 saturated carbocycles. The summed E-state index contributed by atoms with van der Waals surface area (Å²) < 4.78 is 5.05. The summed E-state index contributed by atoms with van der Waals surface area (Å²) in [5.41, 5.74) is 6.26. The average molecular weight is 369 g/mol. The van der Waals surface area contributed by atoms with Gasteiger partial charge in [-0.2, -0.15) is 0 Å². The van der Waals surface area contributed by atoms with Crippen molar-refractivity contribution in [1.82, 2.24) is 16.2 Å². The van der Waals surface area contributed by atoms with Gasteiger partial charge in [-0.15, -0.1) is 0 Å². The Balaban J connectivity index is 1.85. The van der Waals surface area contributed by atoms with Gasteiger partial charge in [0.15, 0.2) is 0 Å². The summed E-state index contributed by atoms with van der Waals surface area (Å²) in [5, 5.41) is 2.75. The van der Waals surface area contributed by atoms with Gasteiger partial charge < -0.3 is 10.1 Å². The molecule has 0 bridgehead atoms. The van der Waals surface area contributed by atoms with Gasteiger partial charge in [0.1, 0.15) is 5.60 Å². The molecule has 0 atom stereocenters. The largest absolute Gasteiger partial charge is 0.443 e. The molecule has 0 spiro atoms. The average Bonchev–Trinajstić information content (AvgIpc) is 2.64. The predicted molar refractivity (Wildman–Crippen MR) is 105 cm³/mol. The molecule has 0 heterocycles. The van der Waals surface area contributed by atoms with E-state index in [2.05, 4.69) is 40.4 Å². The summed E-state index contributed by atoms with van der Waals surface area (Å²) in [4.78, 5) is 23.4. The van der Waals surface area contributed by atoms with Gasteiger partial charge in [0.25, 0.3) is 0 Å². The highest BCUT2D eigenvalue weighted by Crippen LogP contribution is 2.27. The number of carbonyl (C=O) groups is 2. The Labute approximate surface area is 160 Å². The Morgan fingerprint density at radius 3 is 1.89 bits per heavy atom. The molecule has 2 rings (SSSR count). The van der Waals surface area contributed by atoms with Crippen LogP contribution >= 0.6 is 0 Å². The molecule has 0 saturated heterocycles. The third-order valence-corrected chi connectivity index (χ3v) is 3.80. The second-order valence-electron chi connectivity index (χ2n) is 7.17. The number of urea groups is 1. The summed E-state index contributed by atoms with van der Waals surface area (Å²) in [5.74, 6) is 0.173. The van der Waals surface area contributed by atoms with E-state index in [1.165, 1.54) is 11.1 Å². The minimum atomic E-state index is -0.705. The second-order valence-corrected chi connectivity index (χ2v) is 7.17. The van der Waals surface area contributed by atoms with Crippen LogP contribution in [0.15, 0.2) is 60.7 Å². The molecule has 2 aromatic carbocycles. The molecular weight excluding hydrogens is 342 g/mol. The fraction of sp³-hybridized carbons (Fsp3) is 0.333. The Kier molecular flexibility index (Phi) is 7.23. The first-order valence-corrected chi connectivity index (χ1v) is 8.98. The van der Waals surface area contributed by atoms with Crippen molar-refractivity contribution in [1.29, 1.82) is 0 Å². The zero-order chi connectivity index (χ0) is 19.7. The van der Waals surface area contributed by atoms with Gasteiger partial charge in [-0.1, -0.05) is 60.7 Å². The number of benzene rings is 2. The maximum atomic E-state index is 11.9. The zero-order valence-corrected chi connectivity index (χ0v) is 16.0. The summed E-state index contributed by atoms with van der Waals surface area (Å²) in [6.45, 7) is 5.70. The van der Waals surface area contributed by atoms with Crippen molar-refractivity contribution in [2.45, 2.75) is 38.7 Å². The van der Waals surface area contributed by atoms with Crippen LogP contribution in [-0.2, 0) is 4.74 Å². The Bertz CT molecular complexity index is 688. The van der Waals surface area contributed by atoms with E-state index in [0.717, 1.165) is 6.42 Å². The summed E-state index contributed by atoms with van der Waals surface area (Å²) in [7, 11) is 0. The van der Waals surface area contributed by atoms with E-state index in [9.17, 15) is 9.59 Å². The van der Waals surface area contributed by atoms with E-state index in [-0.39, 0.29) is 5.92 Å². The number of ether oxygens (including phenoxy) is 1. The highest BCUT2D eigenvalue weighted by molar-refractivity contribution is 5.77. The molecule has 144 valence electrons. The van der Waals surface area contributed by atoms with Gasteiger partial charge in [-0.3, -0.25) is 0 Å². The van der Waals surface area contributed by atoms with E-state index in [1.54, 1.807) is 20.8 Å². The minimum absolute atomic E-state index is 0.173. The number of rotatable bonds is 5. The van der Waals surface area contributed by atoms with Crippen molar-refractivity contribution < 1.29 is 14.3 Å². The molecule has 0 aromatic heterocycles. The molecule has 0 aliphatic carbocycles. The maximum absolute atomic E-state index is 11.9. The van der Waals surface area contributed by atoms with Crippen LogP contribution in [0.1, 0.15) is 44.2 Å². The maximum Gasteiger partial charge on any atom is 0.426 e. The zero-order valence-electron chi connectivity index (χ0n) is 16.0. The SMILES string of the molecule is CC(C)(C)OC(=O)NNC(=O)NCCC(c1ccccc1)c1ccccc1. The predicted octanol–water partition coefficient (Wildman–Crippen LogP) is 3.95. The Hall–Kier alpha value is -3.02. The molecule has 6 heteroatoms. The van der Waals surface area contributed by atoms with Crippen molar-refractivity contribution >= 4 is 12.1 Å². The molecule has 0 aliphatic rings. The number of hydrazine groups is 1. The lowest BCUT2D eigenvalue weighted by atomic mass is 9.88. The first kappa shape index (κ1) is 20.3. The van der Waals surface area contributed by atoms with E-state index in [0.29, 0.717) is 6.54 Å². The fourth-order valence-corrected chi connectivity index (χ4v) is 2.68. The van der Waals surface area contributed by atoms with Crippen LogP contribution in [0, 0.1) is 0 Å². The number of nitrogens with one attached hydrogen (secondary N) is 3. The van der Waals surface area contributed by atoms with Crippen molar-refractivity contribution in [3.05, 3.63) is 71.8 Å². The van der Waals surface area contributed by atoms with Gasteiger partial charge in [-0.05, 0) is 38.3 Å². The molecule has 3 N–H and O–H groups in total. The number of hydrogen-bond donors (Lipinski definition) is 3. The molecule has 0 aliphatic heterocycles. The van der Waals surface area contributed by atoms with Crippen molar-refractivity contribution in [2.24, 2.45) is 0 Å². The van der Waals surface area contributed by atoms with E-state index >= 15 is 0 Å². The van der Waals surface area contributed by atoms with Crippen LogP contribution in [-0.4, -0.2) is 24.3 Å². The van der Waals surface area contributed by atoms with Gasteiger partial charge >= 0.3 is 12.1 Å². The van der Waals surface area contributed by atoms with Crippen molar-refractivity contribution in [3.8, 4) is 0 Å². The van der Waals surface area contributed by atoms with Gasteiger partial charge in [0.2, 0.25) is 0 Å². The highest BCUT2D eigenvalue weighted by atomic mass is 16.6. The summed E-state index contributed by atoms with van der Waals surface area (Å²) in [6, 6.07) is 19.9. The second kappa shape index (κ2) is 9.62. The molecular formula is C21H27N3O3. The topological polar surface area (TPSA) is 79.5 Å². The van der Waals surface area contributed by atoms with Gasteiger partial charge in [0.05, 0.1) is 0 Å². The van der Waals surface area contributed by atoms with Crippen LogP contribution in [0.2, 0.25) is 0 Å². The standard InChI is InChI=1S/C21H27N3O3/c1-21(2,3)27-20(26)24-23-19(25)22-15-14-18(16-10-6-4-7-11-16)17-12-8-5-9-13-17/h4-13,18H,14-15H2,1-3H3,(H,24,26)(H2,22,23,25). The first-order valence-electron chi connectivity index (χ1n) is 8.98. The lowest BCUT2D eigenvalue weighted by molar-refractivity contribution is 0.0505. The van der Waals surface area contributed by atoms with Crippen molar-refractivity contribution in [2.75, 3.05) is 6.54 Å². The van der Waals surface area contributed by atoms with Gasteiger partial charge in [-0.25, -0.2) is 20.4 Å². The quantitative estimate of drug-likeness (QED) is 0.698. The number of amides is 3. The monoisotopic (exact) mass is 369 g/mol. The lowest BCUT2D eigenvalue weighted by Crippen LogP contribution is -2.48. The molecule has 0 unspecified atom stereocenters. The van der Waals surface area contributed by atoms with Crippen LogP contribution in [0.4, 0.5) is 9.59 Å². The van der Waals surface area contributed by atoms with Crippen molar-refractivity contribution in [3.63, 3.8) is 0 Å². The first-order chi connectivity index (χ1) is 12.8. The molecule has 0 fully saturated rings. The molecule has 2 aromatic rings. The molecule has 3 amide bonds. The highest BCUT2D eigenvalue weighted by Gasteiger charge is 2.17. The van der Waals surface area contributed by atoms with Crippen LogP contribution in [0.25, 0.3) is 0 Å². The summed E-state index contributed by atoms with van der Waals surface area (Å²) in [6.07, 6.45) is 0.0255. The Morgan fingerprint density at radius 2 is 1.41 bits per heavy atom. The van der Waals surface area contributed by atoms with Gasteiger partial charge in [0, 0.05) is 12.5 Å². The Morgan fingerprint density at radius 1 is 0.889 bits per heavy atom. The number of carbonyl (C=O) groups excluding carboxylic acids is 2. The van der Waals surface area contributed by atoms with Crippen LogP contribution in [0.3, 0.4) is 0 Å². The third-order valence-electron chi connectivity index (χ3n) is 3.80. The third kappa shape index (κ3) is 7.40. The fourth-order valence-electron chi connectivity index (χ4n) is 2.68. The molecule has 6 nitrogen and oxygen atoms in total. The number of hydrogen-bond acceptors (Lipinski definition) is 3. The van der Waals surface area contributed by atoms with Crippen LogP contribution in [0.5, 0.6) is 0 Å². The smallest absolute Gasteiger partial charge is 0.426 e.